The Morgan fingerprint density at radius 1 is 0.619 bits per heavy atom. The number of hydrogen-bond donors (Lipinski definition) is 3. The quantitative estimate of drug-likeness (QED) is 0.153. The molecule has 0 unspecified atom stereocenters. The Morgan fingerprint density at radius 3 is 1.43 bits per heavy atom. The summed E-state index contributed by atoms with van der Waals surface area (Å²) in [5, 5.41) is 5.71. The first-order chi connectivity index (χ1) is 18.8. The zero-order chi connectivity index (χ0) is 29.0. The van der Waals surface area contributed by atoms with Gasteiger partial charge < -0.3 is 15.2 Å². The molecule has 0 aliphatic heterocycles. The summed E-state index contributed by atoms with van der Waals surface area (Å²) in [6.45, 7) is 3.28. The molecular weight excluding hydrogens is 602 g/mol. The fraction of sp³-hybridized carbons (Fsp3) is 0.0714. The van der Waals surface area contributed by atoms with E-state index in [-0.39, 0.29) is 104 Å². The molecule has 4 aromatic rings. The molecule has 42 heavy (non-hydrogen) atoms. The van der Waals surface area contributed by atoms with E-state index in [0.29, 0.717) is 11.1 Å². The van der Waals surface area contributed by atoms with E-state index in [0.717, 1.165) is 0 Å². The van der Waals surface area contributed by atoms with E-state index in [1.54, 1.807) is 26.0 Å². The van der Waals surface area contributed by atoms with Crippen molar-refractivity contribution in [2.75, 3.05) is 10.6 Å². The average molecular weight is 624 g/mol. The summed E-state index contributed by atoms with van der Waals surface area (Å²) in [6.07, 6.45) is 0. The van der Waals surface area contributed by atoms with Crippen LogP contribution < -0.4 is 69.7 Å². The van der Waals surface area contributed by atoms with Crippen molar-refractivity contribution in [3.8, 4) is 0 Å². The second-order valence-electron chi connectivity index (χ2n) is 9.29. The van der Waals surface area contributed by atoms with Crippen molar-refractivity contribution in [1.29, 1.82) is 0 Å². The Balaban J connectivity index is 0.00000242. The number of ketones is 2. The van der Waals surface area contributed by atoms with Gasteiger partial charge in [0.25, 0.3) is 10.1 Å². The van der Waals surface area contributed by atoms with Gasteiger partial charge in [-0.3, -0.25) is 14.1 Å². The number of anilines is 4. The van der Waals surface area contributed by atoms with E-state index < -0.39 is 41.6 Å². The van der Waals surface area contributed by atoms with Gasteiger partial charge in [-0.15, -0.1) is 0 Å². The molecule has 0 bridgehead atoms. The number of benzene rings is 4. The molecule has 10 nitrogen and oxygen atoms in total. The minimum atomic E-state index is -4.86. The molecule has 0 saturated heterocycles. The molecule has 14 heteroatoms. The maximum Gasteiger partial charge on any atom is 1.00 e. The Kier molecular flexibility index (Phi) is 10.3. The summed E-state index contributed by atoms with van der Waals surface area (Å²) in [7, 11) is -9.47. The summed E-state index contributed by atoms with van der Waals surface area (Å²) < 4.78 is 69.3. The predicted molar refractivity (Wildman–Crippen MR) is 146 cm³/mol. The summed E-state index contributed by atoms with van der Waals surface area (Å²) in [5.74, 6) is -1.09. The first kappa shape index (κ1) is 34.1. The second-order valence-corrected chi connectivity index (χ2v) is 12.0. The molecule has 4 aromatic carbocycles. The molecule has 0 atom stereocenters. The predicted octanol–water partition coefficient (Wildman–Crippen LogP) is -1.28. The van der Waals surface area contributed by atoms with Crippen molar-refractivity contribution in [3.63, 3.8) is 0 Å². The molecule has 3 N–H and O–H groups in total. The Labute approximate surface area is 287 Å². The van der Waals surface area contributed by atoms with Crippen LogP contribution in [0.5, 0.6) is 0 Å². The molecule has 5 rings (SSSR count). The monoisotopic (exact) mass is 623 g/mol. The standard InChI is InChI=1S/C28H22N2O8S2.2Na/c1-15-9-11-19(23(13-15)39(33,34)35)29-21-7-3-5-17-25(21)27(31)18-6-4-8-22(26(18)28(17)32)30-20-12-10-16(2)14-24(20)40(36,37)38;;/h3-14,29-30H,1-2H3,(H,33,34,35)(H,36,37,38);;/q;2*+1/p-1. The van der Waals surface area contributed by atoms with Crippen molar-refractivity contribution in [2.24, 2.45) is 0 Å². The number of nitrogens with one attached hydrogen (secondary N) is 2. The van der Waals surface area contributed by atoms with E-state index in [2.05, 4.69) is 10.6 Å². The van der Waals surface area contributed by atoms with Crippen LogP contribution in [0.3, 0.4) is 0 Å². The SMILES string of the molecule is Cc1ccc(Nc2cccc3c2C(=O)c2cccc(Nc4ccc(C)cc4S(=O)(=O)O)c2C3=O)c(S(=O)(=O)[O-])c1.[Na+].[Na+]. The third-order valence-corrected chi connectivity index (χ3v) is 8.20. The molecule has 0 fully saturated rings. The van der Waals surface area contributed by atoms with Crippen molar-refractivity contribution in [2.45, 2.75) is 23.6 Å². The van der Waals surface area contributed by atoms with Gasteiger partial charge in [0.15, 0.2) is 11.6 Å². The number of fused-ring (bicyclic) bond motifs is 2. The Hall–Kier alpha value is -2.36. The fourth-order valence-electron chi connectivity index (χ4n) is 4.63. The van der Waals surface area contributed by atoms with Gasteiger partial charge in [-0.05, 0) is 61.4 Å². The van der Waals surface area contributed by atoms with Crippen LogP contribution in [0.4, 0.5) is 22.7 Å². The van der Waals surface area contributed by atoms with Crippen LogP contribution in [-0.4, -0.2) is 37.5 Å². The van der Waals surface area contributed by atoms with E-state index in [9.17, 15) is 35.5 Å². The number of carbonyl (C=O) groups is 2. The van der Waals surface area contributed by atoms with Gasteiger partial charge in [-0.25, -0.2) is 8.42 Å². The minimum Gasteiger partial charge on any atom is -0.744 e. The minimum absolute atomic E-state index is 0. The first-order valence-corrected chi connectivity index (χ1v) is 14.6. The van der Waals surface area contributed by atoms with Crippen LogP contribution in [0.1, 0.15) is 43.0 Å². The van der Waals surface area contributed by atoms with Gasteiger partial charge >= 0.3 is 59.1 Å². The molecule has 1 aliphatic rings. The molecule has 0 amide bonds. The van der Waals surface area contributed by atoms with E-state index in [1.807, 2.05) is 0 Å². The summed E-state index contributed by atoms with van der Waals surface area (Å²) >= 11 is 0. The normalized spacial score (nSPS) is 12.4. The van der Waals surface area contributed by atoms with Crippen molar-refractivity contribution in [1.82, 2.24) is 0 Å². The Bertz CT molecular complexity index is 1840. The van der Waals surface area contributed by atoms with Gasteiger partial charge in [0.2, 0.25) is 0 Å². The van der Waals surface area contributed by atoms with Crippen LogP contribution in [0.25, 0.3) is 0 Å². The molecule has 0 aromatic heterocycles. The summed E-state index contributed by atoms with van der Waals surface area (Å²) in [6, 6.07) is 17.4. The van der Waals surface area contributed by atoms with Crippen LogP contribution in [0.2, 0.25) is 0 Å². The smallest absolute Gasteiger partial charge is 0.744 e. The van der Waals surface area contributed by atoms with E-state index >= 15 is 0 Å². The van der Waals surface area contributed by atoms with Crippen LogP contribution in [0.15, 0.2) is 82.6 Å². The molecule has 1 aliphatic carbocycles. The average Bonchev–Trinajstić information content (AvgIpc) is 2.88. The number of hydrogen-bond acceptors (Lipinski definition) is 9. The summed E-state index contributed by atoms with van der Waals surface area (Å²) in [4.78, 5) is 26.6. The van der Waals surface area contributed by atoms with Crippen molar-refractivity contribution < 1.29 is 94.6 Å². The van der Waals surface area contributed by atoms with Gasteiger partial charge in [0, 0.05) is 11.1 Å². The number of aryl methyl sites for hydroxylation is 2. The fourth-order valence-corrected chi connectivity index (χ4v) is 6.08. The van der Waals surface area contributed by atoms with Crippen molar-refractivity contribution in [3.05, 3.63) is 106 Å². The molecule has 0 spiro atoms. The molecule has 204 valence electrons. The Morgan fingerprint density at radius 2 is 1.02 bits per heavy atom. The second kappa shape index (κ2) is 12.7. The van der Waals surface area contributed by atoms with Gasteiger partial charge in [-0.2, -0.15) is 8.42 Å². The zero-order valence-corrected chi connectivity index (χ0v) is 28.7. The van der Waals surface area contributed by atoms with E-state index in [1.165, 1.54) is 60.7 Å². The van der Waals surface area contributed by atoms with Crippen LogP contribution in [-0.2, 0) is 20.2 Å². The van der Waals surface area contributed by atoms with Crippen LogP contribution >= 0.6 is 0 Å². The third-order valence-electron chi connectivity index (χ3n) is 6.43. The molecule has 0 radical (unpaired) electrons. The summed E-state index contributed by atoms with van der Waals surface area (Å²) in [5.41, 5.74) is 1.38. The zero-order valence-electron chi connectivity index (χ0n) is 23.0. The largest absolute Gasteiger partial charge is 1.00 e. The number of carbonyl (C=O) groups excluding carboxylic acids is 2. The molecule has 0 heterocycles. The maximum absolute atomic E-state index is 13.7. The van der Waals surface area contributed by atoms with Gasteiger partial charge in [0.05, 0.1) is 38.8 Å². The third kappa shape index (κ3) is 6.58. The van der Waals surface area contributed by atoms with Gasteiger partial charge in [0.1, 0.15) is 15.0 Å². The van der Waals surface area contributed by atoms with Crippen molar-refractivity contribution >= 4 is 54.6 Å². The first-order valence-electron chi connectivity index (χ1n) is 11.8. The topological polar surface area (TPSA) is 170 Å². The van der Waals surface area contributed by atoms with Crippen LogP contribution in [0, 0.1) is 13.8 Å². The van der Waals surface area contributed by atoms with Gasteiger partial charge in [-0.1, -0.05) is 36.4 Å². The molecular formula is C28H21N2Na2O8S2+. The maximum atomic E-state index is 13.7. The molecule has 0 saturated carbocycles. The number of rotatable bonds is 6. The van der Waals surface area contributed by atoms with E-state index in [4.69, 9.17) is 0 Å².